The summed E-state index contributed by atoms with van der Waals surface area (Å²) in [6.45, 7) is 0. The third-order valence-corrected chi connectivity index (χ3v) is 6.38. The first-order chi connectivity index (χ1) is 14.8. The van der Waals surface area contributed by atoms with Crippen molar-refractivity contribution in [1.29, 1.82) is 0 Å². The molecule has 0 aliphatic rings. The maximum Gasteiger partial charge on any atom is 0.145 e. The molecule has 0 fully saturated rings. The summed E-state index contributed by atoms with van der Waals surface area (Å²) < 4.78 is 3.49. The van der Waals surface area contributed by atoms with E-state index in [1.807, 2.05) is 6.07 Å². The van der Waals surface area contributed by atoms with Crippen molar-refractivity contribution in [3.8, 4) is 17.1 Å². The molecule has 1 aromatic heterocycles. The molecular formula is C27H17IN2. The zero-order valence-electron chi connectivity index (χ0n) is 16.1. The molecule has 0 aliphatic heterocycles. The Morgan fingerprint density at radius 2 is 1.33 bits per heavy atom. The van der Waals surface area contributed by atoms with Crippen LogP contribution in [0.4, 0.5) is 0 Å². The number of benzene rings is 5. The largest absolute Gasteiger partial charge is 0.292 e. The normalized spacial score (nSPS) is 11.5. The number of halogens is 1. The van der Waals surface area contributed by atoms with Gasteiger partial charge < -0.3 is 0 Å². The highest BCUT2D eigenvalue weighted by Gasteiger charge is 2.16. The molecule has 6 aromatic rings. The molecule has 3 heteroatoms. The smallest absolute Gasteiger partial charge is 0.145 e. The molecule has 5 aromatic carbocycles. The van der Waals surface area contributed by atoms with Gasteiger partial charge in [-0.3, -0.25) is 4.57 Å². The molecule has 0 saturated heterocycles. The van der Waals surface area contributed by atoms with Crippen molar-refractivity contribution in [1.82, 2.24) is 9.55 Å². The Balaban J connectivity index is 1.75. The van der Waals surface area contributed by atoms with Crippen LogP contribution in [0.2, 0.25) is 0 Å². The van der Waals surface area contributed by atoms with Gasteiger partial charge in [0.05, 0.1) is 11.0 Å². The molecule has 6 rings (SSSR count). The van der Waals surface area contributed by atoms with Crippen LogP contribution in [0.1, 0.15) is 0 Å². The van der Waals surface area contributed by atoms with Gasteiger partial charge in [0, 0.05) is 20.2 Å². The molecule has 0 aliphatic carbocycles. The van der Waals surface area contributed by atoms with Crippen LogP contribution in [0.3, 0.4) is 0 Å². The lowest BCUT2D eigenvalue weighted by Crippen LogP contribution is -1.97. The van der Waals surface area contributed by atoms with Crippen molar-refractivity contribution in [3.63, 3.8) is 0 Å². The Labute approximate surface area is 187 Å². The minimum absolute atomic E-state index is 0.965. The Morgan fingerprint density at radius 1 is 0.600 bits per heavy atom. The molecular weight excluding hydrogens is 479 g/mol. The zero-order valence-corrected chi connectivity index (χ0v) is 18.2. The van der Waals surface area contributed by atoms with Crippen LogP contribution in [-0.4, -0.2) is 9.55 Å². The molecule has 0 spiro atoms. The van der Waals surface area contributed by atoms with E-state index in [0.29, 0.717) is 0 Å². The second-order valence-electron chi connectivity index (χ2n) is 7.43. The fourth-order valence-corrected chi connectivity index (χ4v) is 4.62. The van der Waals surface area contributed by atoms with E-state index in [0.717, 1.165) is 28.1 Å². The van der Waals surface area contributed by atoms with E-state index in [9.17, 15) is 0 Å². The molecule has 0 bridgehead atoms. The Kier molecular flexibility index (Phi) is 4.09. The molecule has 0 saturated carbocycles. The lowest BCUT2D eigenvalue weighted by atomic mass is 10.0. The summed E-state index contributed by atoms with van der Waals surface area (Å²) in [5.74, 6) is 0.965. The average molecular weight is 496 g/mol. The molecule has 1 heterocycles. The molecule has 30 heavy (non-hydrogen) atoms. The predicted molar refractivity (Wildman–Crippen MR) is 134 cm³/mol. The van der Waals surface area contributed by atoms with Crippen LogP contribution in [0.15, 0.2) is 103 Å². The van der Waals surface area contributed by atoms with Crippen molar-refractivity contribution in [2.24, 2.45) is 0 Å². The van der Waals surface area contributed by atoms with Gasteiger partial charge in [0.1, 0.15) is 5.82 Å². The van der Waals surface area contributed by atoms with Gasteiger partial charge in [-0.2, -0.15) is 0 Å². The topological polar surface area (TPSA) is 17.8 Å². The van der Waals surface area contributed by atoms with Crippen molar-refractivity contribution >= 4 is 55.2 Å². The van der Waals surface area contributed by atoms with E-state index in [1.165, 1.54) is 25.1 Å². The monoisotopic (exact) mass is 496 g/mol. The Bertz CT molecular complexity index is 1530. The highest BCUT2D eigenvalue weighted by molar-refractivity contribution is 14.1. The van der Waals surface area contributed by atoms with Gasteiger partial charge in [0.15, 0.2) is 0 Å². The number of imidazole rings is 1. The summed E-state index contributed by atoms with van der Waals surface area (Å²) in [5, 5.41) is 4.95. The second kappa shape index (κ2) is 6.96. The highest BCUT2D eigenvalue weighted by atomic mass is 127. The fourth-order valence-electron chi connectivity index (χ4n) is 4.26. The van der Waals surface area contributed by atoms with Gasteiger partial charge >= 0.3 is 0 Å². The van der Waals surface area contributed by atoms with Crippen LogP contribution in [0.25, 0.3) is 49.7 Å². The average Bonchev–Trinajstić information content (AvgIpc) is 3.20. The van der Waals surface area contributed by atoms with Gasteiger partial charge in [-0.05, 0) is 69.1 Å². The minimum Gasteiger partial charge on any atom is -0.292 e. The van der Waals surface area contributed by atoms with E-state index >= 15 is 0 Å². The zero-order chi connectivity index (χ0) is 20.1. The SMILES string of the molecule is Ic1ccc(-n2c(-c3ccccc3)nc3c4ccc5ccccc5c4ccc32)cc1. The van der Waals surface area contributed by atoms with Crippen LogP contribution in [0, 0.1) is 3.57 Å². The van der Waals surface area contributed by atoms with Crippen molar-refractivity contribution < 1.29 is 0 Å². The van der Waals surface area contributed by atoms with Gasteiger partial charge in [0.2, 0.25) is 0 Å². The summed E-state index contributed by atoms with van der Waals surface area (Å²) in [4.78, 5) is 5.18. The number of rotatable bonds is 2. The van der Waals surface area contributed by atoms with Gasteiger partial charge in [0.25, 0.3) is 0 Å². The summed E-state index contributed by atoms with van der Waals surface area (Å²) >= 11 is 2.35. The summed E-state index contributed by atoms with van der Waals surface area (Å²) in [5.41, 5.74) is 4.39. The van der Waals surface area contributed by atoms with Gasteiger partial charge in [-0.15, -0.1) is 0 Å². The first-order valence-corrected chi connectivity index (χ1v) is 11.0. The summed E-state index contributed by atoms with van der Waals surface area (Å²) in [6.07, 6.45) is 0. The molecule has 0 N–H and O–H groups in total. The van der Waals surface area contributed by atoms with E-state index in [1.54, 1.807) is 0 Å². The number of nitrogens with zero attached hydrogens (tertiary/aromatic N) is 2. The van der Waals surface area contributed by atoms with Crippen molar-refractivity contribution in [2.45, 2.75) is 0 Å². The number of hydrogen-bond donors (Lipinski definition) is 0. The molecule has 2 nitrogen and oxygen atoms in total. The fraction of sp³-hybridized carbons (Fsp3) is 0. The quantitative estimate of drug-likeness (QED) is 0.178. The van der Waals surface area contributed by atoms with Gasteiger partial charge in [-0.1, -0.05) is 72.8 Å². The predicted octanol–water partition coefficient (Wildman–Crippen LogP) is 7.60. The summed E-state index contributed by atoms with van der Waals surface area (Å²) in [7, 11) is 0. The highest BCUT2D eigenvalue weighted by Crippen LogP contribution is 2.35. The molecule has 0 atom stereocenters. The second-order valence-corrected chi connectivity index (χ2v) is 8.67. The lowest BCUT2D eigenvalue weighted by Gasteiger charge is -2.10. The van der Waals surface area contributed by atoms with E-state index in [-0.39, 0.29) is 0 Å². The Morgan fingerprint density at radius 3 is 2.17 bits per heavy atom. The Hall–Kier alpha value is -3.18. The van der Waals surface area contributed by atoms with Gasteiger partial charge in [-0.25, -0.2) is 4.98 Å². The summed E-state index contributed by atoms with van der Waals surface area (Å²) in [6, 6.07) is 36.5. The maximum absolute atomic E-state index is 5.18. The third kappa shape index (κ3) is 2.73. The molecule has 142 valence electrons. The van der Waals surface area contributed by atoms with Crippen LogP contribution >= 0.6 is 22.6 Å². The van der Waals surface area contributed by atoms with Crippen LogP contribution < -0.4 is 0 Å². The number of hydrogen-bond acceptors (Lipinski definition) is 1. The van der Waals surface area contributed by atoms with E-state index in [2.05, 4.69) is 124 Å². The first kappa shape index (κ1) is 17.7. The molecule has 0 radical (unpaired) electrons. The van der Waals surface area contributed by atoms with Crippen molar-refractivity contribution in [3.05, 3.63) is 107 Å². The van der Waals surface area contributed by atoms with Crippen LogP contribution in [-0.2, 0) is 0 Å². The van der Waals surface area contributed by atoms with E-state index in [4.69, 9.17) is 4.98 Å². The number of fused-ring (bicyclic) bond motifs is 5. The van der Waals surface area contributed by atoms with Crippen molar-refractivity contribution in [2.75, 3.05) is 0 Å². The lowest BCUT2D eigenvalue weighted by molar-refractivity contribution is 1.10. The van der Waals surface area contributed by atoms with E-state index < -0.39 is 0 Å². The minimum atomic E-state index is 0.965. The third-order valence-electron chi connectivity index (χ3n) is 5.66. The molecule has 0 amide bonds. The maximum atomic E-state index is 5.18. The number of aromatic nitrogens is 2. The standard InChI is InChI=1S/C27H17IN2/c28-20-11-13-21(14-12-20)30-25-17-16-23-22-9-5-4-6-18(22)10-15-24(23)26(25)29-27(30)19-7-2-1-3-8-19/h1-17H. The first-order valence-electron chi connectivity index (χ1n) is 9.94. The molecule has 0 unspecified atom stereocenters. The van der Waals surface area contributed by atoms with Crippen LogP contribution in [0.5, 0.6) is 0 Å².